The number of rotatable bonds is 9. The van der Waals surface area contributed by atoms with Gasteiger partial charge in [-0.3, -0.25) is 9.59 Å². The molecule has 3 rings (SSSR count). The number of hydrogen-bond acceptors (Lipinski definition) is 5. The molecule has 0 heterocycles. The lowest BCUT2D eigenvalue weighted by atomic mass is 9.91. The molecule has 0 aromatic heterocycles. The molecule has 2 atom stereocenters. The molecule has 0 saturated carbocycles. The third-order valence-corrected chi connectivity index (χ3v) is 7.01. The molecular weight excluding hydrogens is 518 g/mol. The average molecular weight is 562 g/mol. The normalized spacial score (nSPS) is 13.3. The van der Waals surface area contributed by atoms with Crippen LogP contribution in [0.3, 0.4) is 0 Å². The number of aliphatic hydroxyl groups is 1. The van der Waals surface area contributed by atoms with Crippen LogP contribution in [0.5, 0.6) is 0 Å². The van der Waals surface area contributed by atoms with Crippen LogP contribution in [0.25, 0.3) is 10.8 Å². The van der Waals surface area contributed by atoms with Crippen molar-refractivity contribution >= 4 is 34.4 Å². The van der Waals surface area contributed by atoms with E-state index >= 15 is 0 Å². The van der Waals surface area contributed by atoms with Crippen LogP contribution in [0.15, 0.2) is 60.7 Å². The maximum absolute atomic E-state index is 14.2. The maximum atomic E-state index is 14.2. The van der Waals surface area contributed by atoms with Crippen LogP contribution < -0.4 is 10.6 Å². The first kappa shape index (κ1) is 31.6. The monoisotopic (exact) mass is 561 g/mol. The SMILES string of the molecule is CCC(C)(C)N(C(=O)C(CO)NC(=O)OC(C)(C)C)C(C(=O)Nc1ccc2ccccc2c1)c1cc(C)cc(C)c1. The number of anilines is 1. The molecule has 3 amide bonds. The molecule has 0 aliphatic carbocycles. The van der Waals surface area contributed by atoms with Gasteiger partial charge in [0.25, 0.3) is 5.91 Å². The molecule has 41 heavy (non-hydrogen) atoms. The maximum Gasteiger partial charge on any atom is 0.408 e. The topological polar surface area (TPSA) is 108 Å². The van der Waals surface area contributed by atoms with Crippen LogP contribution in [0, 0.1) is 13.8 Å². The van der Waals surface area contributed by atoms with Gasteiger partial charge in [-0.2, -0.15) is 0 Å². The number of nitrogens with one attached hydrogen (secondary N) is 2. The summed E-state index contributed by atoms with van der Waals surface area (Å²) in [6, 6.07) is 16.9. The highest BCUT2D eigenvalue weighted by molar-refractivity contribution is 6.00. The molecular formula is C33H43N3O5. The van der Waals surface area contributed by atoms with Crippen molar-refractivity contribution in [2.75, 3.05) is 11.9 Å². The Kier molecular flexibility index (Phi) is 9.81. The quantitative estimate of drug-likeness (QED) is 0.295. The molecule has 0 saturated heterocycles. The van der Waals surface area contributed by atoms with E-state index in [4.69, 9.17) is 4.74 Å². The number of alkyl carbamates (subject to hydrolysis) is 1. The van der Waals surface area contributed by atoms with E-state index in [1.807, 2.05) is 95.3 Å². The molecule has 0 aliphatic heterocycles. The summed E-state index contributed by atoms with van der Waals surface area (Å²) in [6.45, 7) is 14.0. The smallest absolute Gasteiger partial charge is 0.408 e. The lowest BCUT2D eigenvalue weighted by Crippen LogP contribution is -2.59. The Morgan fingerprint density at radius 3 is 2.07 bits per heavy atom. The summed E-state index contributed by atoms with van der Waals surface area (Å²) in [5.41, 5.74) is 1.48. The summed E-state index contributed by atoms with van der Waals surface area (Å²) in [5, 5.41) is 17.8. The second kappa shape index (κ2) is 12.7. The van der Waals surface area contributed by atoms with Crippen molar-refractivity contribution in [1.82, 2.24) is 10.2 Å². The van der Waals surface area contributed by atoms with Crippen molar-refractivity contribution < 1.29 is 24.2 Å². The predicted molar refractivity (Wildman–Crippen MR) is 163 cm³/mol. The largest absolute Gasteiger partial charge is 0.444 e. The van der Waals surface area contributed by atoms with Gasteiger partial charge in [-0.25, -0.2) is 4.79 Å². The highest BCUT2D eigenvalue weighted by atomic mass is 16.6. The zero-order valence-electron chi connectivity index (χ0n) is 25.4. The lowest BCUT2D eigenvalue weighted by molar-refractivity contribution is -0.148. The highest BCUT2D eigenvalue weighted by Gasteiger charge is 2.43. The van der Waals surface area contributed by atoms with Gasteiger partial charge in [0.05, 0.1) is 6.61 Å². The molecule has 0 bridgehead atoms. The molecule has 3 aromatic rings. The Hall–Kier alpha value is -3.91. The van der Waals surface area contributed by atoms with E-state index < -0.39 is 47.7 Å². The number of hydrogen-bond donors (Lipinski definition) is 3. The lowest BCUT2D eigenvalue weighted by Gasteiger charge is -2.44. The summed E-state index contributed by atoms with van der Waals surface area (Å²) >= 11 is 0. The van der Waals surface area contributed by atoms with E-state index in [0.29, 0.717) is 17.7 Å². The van der Waals surface area contributed by atoms with Gasteiger partial charge in [0.15, 0.2) is 0 Å². The zero-order valence-corrected chi connectivity index (χ0v) is 25.4. The van der Waals surface area contributed by atoms with Crippen molar-refractivity contribution in [2.24, 2.45) is 0 Å². The fourth-order valence-electron chi connectivity index (χ4n) is 4.81. The van der Waals surface area contributed by atoms with Crippen molar-refractivity contribution in [2.45, 2.75) is 85.0 Å². The van der Waals surface area contributed by atoms with Crippen LogP contribution in [0.1, 0.15) is 70.7 Å². The van der Waals surface area contributed by atoms with Gasteiger partial charge in [-0.05, 0) is 83.4 Å². The third kappa shape index (κ3) is 8.07. The van der Waals surface area contributed by atoms with E-state index in [1.54, 1.807) is 20.8 Å². The minimum Gasteiger partial charge on any atom is -0.444 e. The van der Waals surface area contributed by atoms with Crippen LogP contribution in [-0.2, 0) is 14.3 Å². The van der Waals surface area contributed by atoms with Gasteiger partial charge < -0.3 is 25.4 Å². The fraction of sp³-hybridized carbons (Fsp3) is 0.424. The number of carbonyl (C=O) groups is 3. The Morgan fingerprint density at radius 2 is 1.51 bits per heavy atom. The molecule has 8 nitrogen and oxygen atoms in total. The van der Waals surface area contributed by atoms with Crippen molar-refractivity contribution in [1.29, 1.82) is 0 Å². The Morgan fingerprint density at radius 1 is 0.902 bits per heavy atom. The fourth-order valence-corrected chi connectivity index (χ4v) is 4.81. The van der Waals surface area contributed by atoms with Gasteiger partial charge in [-0.15, -0.1) is 0 Å². The minimum atomic E-state index is -1.32. The van der Waals surface area contributed by atoms with E-state index in [0.717, 1.165) is 21.9 Å². The summed E-state index contributed by atoms with van der Waals surface area (Å²) < 4.78 is 5.34. The number of benzene rings is 3. The number of nitrogens with zero attached hydrogens (tertiary/aromatic N) is 1. The Labute approximate surface area is 243 Å². The number of carbonyl (C=O) groups excluding carboxylic acids is 3. The van der Waals surface area contributed by atoms with Crippen LogP contribution in [-0.4, -0.2) is 51.7 Å². The third-order valence-electron chi connectivity index (χ3n) is 7.01. The summed E-state index contributed by atoms with van der Waals surface area (Å²) in [5.74, 6) is -1.00. The zero-order chi connectivity index (χ0) is 30.5. The molecule has 220 valence electrons. The first-order chi connectivity index (χ1) is 19.1. The molecule has 0 fully saturated rings. The molecule has 3 aromatic carbocycles. The number of fused-ring (bicyclic) bond motifs is 1. The number of aliphatic hydroxyl groups excluding tert-OH is 1. The second-order valence-corrected chi connectivity index (χ2v) is 12.1. The van der Waals surface area contributed by atoms with Gasteiger partial charge in [0, 0.05) is 11.2 Å². The molecule has 8 heteroatoms. The van der Waals surface area contributed by atoms with Crippen LogP contribution in [0.2, 0.25) is 0 Å². The van der Waals surface area contributed by atoms with Crippen molar-refractivity contribution in [3.8, 4) is 0 Å². The summed E-state index contributed by atoms with van der Waals surface area (Å²) in [4.78, 5) is 42.5. The van der Waals surface area contributed by atoms with Crippen molar-refractivity contribution in [3.05, 3.63) is 77.4 Å². The number of ether oxygens (including phenoxy) is 1. The first-order valence-corrected chi connectivity index (χ1v) is 14.0. The number of amides is 3. The van der Waals surface area contributed by atoms with E-state index in [-0.39, 0.29) is 0 Å². The van der Waals surface area contributed by atoms with Crippen LogP contribution >= 0.6 is 0 Å². The Balaban J connectivity index is 2.10. The van der Waals surface area contributed by atoms with Crippen molar-refractivity contribution in [3.63, 3.8) is 0 Å². The average Bonchev–Trinajstić information content (AvgIpc) is 2.88. The molecule has 2 unspecified atom stereocenters. The van der Waals surface area contributed by atoms with Gasteiger partial charge >= 0.3 is 6.09 Å². The number of aryl methyl sites for hydroxylation is 2. The summed E-state index contributed by atoms with van der Waals surface area (Å²) in [7, 11) is 0. The van der Waals surface area contributed by atoms with E-state index in [9.17, 15) is 19.5 Å². The summed E-state index contributed by atoms with van der Waals surface area (Å²) in [6.07, 6.45) is -0.323. The van der Waals surface area contributed by atoms with E-state index in [2.05, 4.69) is 10.6 Å². The standard InChI is InChI=1S/C33H43N3O5/c1-9-33(7,8)36(30(39)27(20-37)35-31(40)41-32(4,5)6)28(25-17-21(2)16-22(3)18-25)29(38)34-26-15-14-23-12-10-11-13-24(23)19-26/h10-19,27-28,37H,9,20H2,1-8H3,(H,34,38)(H,35,40). The second-order valence-electron chi connectivity index (χ2n) is 12.1. The predicted octanol–water partition coefficient (Wildman–Crippen LogP) is 6.04. The molecule has 3 N–H and O–H groups in total. The molecule has 0 radical (unpaired) electrons. The Bertz CT molecular complexity index is 1390. The van der Waals surface area contributed by atoms with E-state index in [1.165, 1.54) is 4.90 Å². The van der Waals surface area contributed by atoms with Gasteiger partial charge in [-0.1, -0.05) is 66.6 Å². The van der Waals surface area contributed by atoms with Crippen LogP contribution in [0.4, 0.5) is 10.5 Å². The molecule has 0 spiro atoms. The molecule has 0 aliphatic rings. The van der Waals surface area contributed by atoms with Gasteiger partial charge in [0.2, 0.25) is 5.91 Å². The minimum absolute atomic E-state index is 0.408. The van der Waals surface area contributed by atoms with Gasteiger partial charge in [0.1, 0.15) is 17.7 Å². The highest BCUT2D eigenvalue weighted by Crippen LogP contribution is 2.34. The first-order valence-electron chi connectivity index (χ1n) is 14.0.